The van der Waals surface area contributed by atoms with Crippen molar-refractivity contribution < 1.29 is 17.9 Å². The Labute approximate surface area is 160 Å². The summed E-state index contributed by atoms with van der Waals surface area (Å²) in [6.07, 6.45) is 1.93. The van der Waals surface area contributed by atoms with Crippen LogP contribution in [0.4, 0.5) is 11.4 Å². The van der Waals surface area contributed by atoms with E-state index < -0.39 is 10.0 Å². The van der Waals surface area contributed by atoms with Crippen LogP contribution in [0.1, 0.15) is 30.9 Å². The van der Waals surface area contributed by atoms with E-state index in [1.54, 1.807) is 37.1 Å². The van der Waals surface area contributed by atoms with Crippen LogP contribution >= 0.6 is 0 Å². The summed E-state index contributed by atoms with van der Waals surface area (Å²) in [6.45, 7) is 4.43. The van der Waals surface area contributed by atoms with Gasteiger partial charge in [-0.3, -0.25) is 9.52 Å². The third-order valence-corrected chi connectivity index (χ3v) is 6.19. The summed E-state index contributed by atoms with van der Waals surface area (Å²) in [7, 11) is -2.17. The van der Waals surface area contributed by atoms with Gasteiger partial charge >= 0.3 is 0 Å². The summed E-state index contributed by atoms with van der Waals surface area (Å²) in [5.41, 5.74) is 2.96. The minimum Gasteiger partial charge on any atom is -0.497 e. The lowest BCUT2D eigenvalue weighted by molar-refractivity contribution is -0.118. The van der Waals surface area contributed by atoms with Crippen molar-refractivity contribution in [2.45, 2.75) is 38.0 Å². The van der Waals surface area contributed by atoms with Gasteiger partial charge in [0.2, 0.25) is 5.91 Å². The number of rotatable bonds is 6. The molecule has 0 saturated heterocycles. The van der Waals surface area contributed by atoms with E-state index in [-0.39, 0.29) is 10.8 Å². The van der Waals surface area contributed by atoms with Crippen LogP contribution in [0.2, 0.25) is 0 Å². The van der Waals surface area contributed by atoms with E-state index in [0.717, 1.165) is 17.7 Å². The molecule has 0 atom stereocenters. The first-order chi connectivity index (χ1) is 12.9. The number of fused-ring (bicyclic) bond motifs is 1. The normalized spacial score (nSPS) is 14.0. The fourth-order valence-electron chi connectivity index (χ4n) is 3.35. The molecule has 1 aliphatic heterocycles. The first-order valence-corrected chi connectivity index (χ1v) is 10.4. The van der Waals surface area contributed by atoms with Crippen LogP contribution in [0.5, 0.6) is 5.75 Å². The first-order valence-electron chi connectivity index (χ1n) is 8.96. The lowest BCUT2D eigenvalue weighted by Gasteiger charge is -2.29. The summed E-state index contributed by atoms with van der Waals surface area (Å²) >= 11 is 0. The van der Waals surface area contributed by atoms with Crippen LogP contribution in [-0.2, 0) is 21.2 Å². The van der Waals surface area contributed by atoms with Crippen molar-refractivity contribution in [2.75, 3.05) is 23.3 Å². The molecule has 6 nitrogen and oxygen atoms in total. The summed E-state index contributed by atoms with van der Waals surface area (Å²) in [5, 5.41) is 0. The number of nitrogens with one attached hydrogen (secondary N) is 1. The van der Waals surface area contributed by atoms with Gasteiger partial charge in [0, 0.05) is 24.3 Å². The molecule has 1 heterocycles. The van der Waals surface area contributed by atoms with Gasteiger partial charge in [-0.05, 0) is 67.3 Å². The molecule has 2 aromatic carbocycles. The topological polar surface area (TPSA) is 75.7 Å². The number of carbonyl (C=O) groups is 1. The zero-order valence-electron chi connectivity index (χ0n) is 15.8. The molecule has 1 amide bonds. The number of nitrogens with zero attached hydrogens (tertiary/aromatic N) is 1. The molecular formula is C20H24N2O4S. The molecule has 0 saturated carbocycles. The van der Waals surface area contributed by atoms with Crippen LogP contribution < -0.4 is 14.4 Å². The highest BCUT2D eigenvalue weighted by Gasteiger charge is 2.24. The molecule has 0 fully saturated rings. The lowest BCUT2D eigenvalue weighted by atomic mass is 10.0. The summed E-state index contributed by atoms with van der Waals surface area (Å²) in [5.74, 6) is 0.729. The van der Waals surface area contributed by atoms with Crippen LogP contribution in [0.15, 0.2) is 41.3 Å². The number of ether oxygens (including phenoxy) is 1. The maximum atomic E-state index is 12.8. The molecule has 0 unspecified atom stereocenters. The van der Waals surface area contributed by atoms with Crippen LogP contribution in [-0.4, -0.2) is 28.0 Å². The molecule has 3 rings (SSSR count). The van der Waals surface area contributed by atoms with E-state index in [0.29, 0.717) is 36.4 Å². The second kappa shape index (κ2) is 7.60. The molecule has 27 heavy (non-hydrogen) atoms. The van der Waals surface area contributed by atoms with Gasteiger partial charge < -0.3 is 9.64 Å². The molecule has 1 N–H and O–H groups in total. The van der Waals surface area contributed by atoms with Gasteiger partial charge in [-0.15, -0.1) is 0 Å². The Morgan fingerprint density at radius 1 is 1.15 bits per heavy atom. The van der Waals surface area contributed by atoms with E-state index in [4.69, 9.17) is 4.74 Å². The van der Waals surface area contributed by atoms with Crippen molar-refractivity contribution in [3.63, 3.8) is 0 Å². The number of amides is 1. The van der Waals surface area contributed by atoms with E-state index in [9.17, 15) is 13.2 Å². The van der Waals surface area contributed by atoms with Crippen molar-refractivity contribution in [1.29, 1.82) is 0 Å². The summed E-state index contributed by atoms with van der Waals surface area (Å²) in [4.78, 5) is 14.1. The van der Waals surface area contributed by atoms with Gasteiger partial charge in [-0.25, -0.2) is 8.42 Å². The Hall–Kier alpha value is -2.54. The fraction of sp³-hybridized carbons (Fsp3) is 0.350. The molecular weight excluding hydrogens is 364 g/mol. The number of carbonyl (C=O) groups excluding carboxylic acids is 1. The standard InChI is InChI=1S/C20H24N2O4S/c1-4-11-22-18-8-6-16(13-15(18)5-10-20(22)23)21-27(24,25)19-9-7-17(26-3)12-14(19)2/h6-9,12-13,21H,4-5,10-11H2,1-3H3. The smallest absolute Gasteiger partial charge is 0.262 e. The Kier molecular flexibility index (Phi) is 5.41. The molecule has 2 aromatic rings. The number of sulfonamides is 1. The maximum Gasteiger partial charge on any atom is 0.262 e. The third kappa shape index (κ3) is 3.93. The molecule has 0 radical (unpaired) electrons. The largest absolute Gasteiger partial charge is 0.497 e. The van der Waals surface area contributed by atoms with Crippen molar-refractivity contribution in [3.05, 3.63) is 47.5 Å². The number of hydrogen-bond acceptors (Lipinski definition) is 4. The van der Waals surface area contributed by atoms with Crippen molar-refractivity contribution in [3.8, 4) is 5.75 Å². The quantitative estimate of drug-likeness (QED) is 0.822. The van der Waals surface area contributed by atoms with Crippen molar-refractivity contribution in [1.82, 2.24) is 0 Å². The van der Waals surface area contributed by atoms with Gasteiger partial charge in [-0.1, -0.05) is 6.92 Å². The van der Waals surface area contributed by atoms with Crippen LogP contribution in [0.3, 0.4) is 0 Å². The van der Waals surface area contributed by atoms with Crippen molar-refractivity contribution >= 4 is 27.3 Å². The fourth-order valence-corrected chi connectivity index (χ4v) is 4.63. The zero-order chi connectivity index (χ0) is 19.6. The second-order valence-corrected chi connectivity index (χ2v) is 8.28. The van der Waals surface area contributed by atoms with Gasteiger partial charge in [0.15, 0.2) is 0 Å². The lowest BCUT2D eigenvalue weighted by Crippen LogP contribution is -2.35. The Balaban J connectivity index is 1.89. The molecule has 0 bridgehead atoms. The highest BCUT2D eigenvalue weighted by atomic mass is 32.2. The summed E-state index contributed by atoms with van der Waals surface area (Å²) in [6, 6.07) is 10.2. The average molecular weight is 388 g/mol. The monoisotopic (exact) mass is 388 g/mol. The van der Waals surface area contributed by atoms with E-state index in [1.165, 1.54) is 6.07 Å². The number of anilines is 2. The number of methoxy groups -OCH3 is 1. The molecule has 0 aromatic heterocycles. The average Bonchev–Trinajstić information content (AvgIpc) is 2.63. The highest BCUT2D eigenvalue weighted by molar-refractivity contribution is 7.92. The van der Waals surface area contributed by atoms with Gasteiger partial charge in [0.1, 0.15) is 5.75 Å². The predicted molar refractivity (Wildman–Crippen MR) is 106 cm³/mol. The number of hydrogen-bond donors (Lipinski definition) is 1. The Morgan fingerprint density at radius 2 is 1.93 bits per heavy atom. The van der Waals surface area contributed by atoms with Crippen molar-refractivity contribution in [2.24, 2.45) is 0 Å². The molecule has 144 valence electrons. The molecule has 0 aliphatic carbocycles. The van der Waals surface area contributed by atoms with E-state index in [1.807, 2.05) is 19.1 Å². The highest BCUT2D eigenvalue weighted by Crippen LogP contribution is 2.31. The molecule has 7 heteroatoms. The number of aryl methyl sites for hydroxylation is 2. The molecule has 1 aliphatic rings. The minimum atomic E-state index is -3.72. The number of benzene rings is 2. The van der Waals surface area contributed by atoms with Crippen LogP contribution in [0.25, 0.3) is 0 Å². The summed E-state index contributed by atoms with van der Waals surface area (Å²) < 4.78 is 33.4. The molecule has 0 spiro atoms. The SMILES string of the molecule is CCCN1C(=O)CCc2cc(NS(=O)(=O)c3ccc(OC)cc3C)ccc21. The Bertz CT molecular complexity index is 970. The minimum absolute atomic E-state index is 0.117. The van der Waals surface area contributed by atoms with E-state index in [2.05, 4.69) is 4.72 Å². The van der Waals surface area contributed by atoms with E-state index >= 15 is 0 Å². The zero-order valence-corrected chi connectivity index (χ0v) is 16.6. The predicted octanol–water partition coefficient (Wildman–Crippen LogP) is 3.49. The van der Waals surface area contributed by atoms with Gasteiger partial charge in [-0.2, -0.15) is 0 Å². The second-order valence-electron chi connectivity index (χ2n) is 6.63. The van der Waals surface area contributed by atoms with Gasteiger partial charge in [0.05, 0.1) is 12.0 Å². The van der Waals surface area contributed by atoms with Gasteiger partial charge in [0.25, 0.3) is 10.0 Å². The van der Waals surface area contributed by atoms with Crippen LogP contribution in [0, 0.1) is 6.92 Å². The first kappa shape index (κ1) is 19.2. The maximum absolute atomic E-state index is 12.8. The Morgan fingerprint density at radius 3 is 2.59 bits per heavy atom. The third-order valence-electron chi connectivity index (χ3n) is 4.65.